The molecule has 1 unspecified atom stereocenters. The number of primary sulfonamides is 1. The van der Waals surface area contributed by atoms with Crippen molar-refractivity contribution in [3.05, 3.63) is 64.2 Å². The summed E-state index contributed by atoms with van der Waals surface area (Å²) in [5.74, 6) is 0.460. The first-order valence-corrected chi connectivity index (χ1v) is 10.1. The van der Waals surface area contributed by atoms with Gasteiger partial charge in [0.25, 0.3) is 5.91 Å². The van der Waals surface area contributed by atoms with E-state index in [1.807, 2.05) is 6.92 Å². The predicted molar refractivity (Wildman–Crippen MR) is 104 cm³/mol. The van der Waals surface area contributed by atoms with Gasteiger partial charge in [0.2, 0.25) is 10.0 Å². The molecule has 1 amide bonds. The highest BCUT2D eigenvalue weighted by Crippen LogP contribution is 2.30. The zero-order chi connectivity index (χ0) is 19.8. The van der Waals surface area contributed by atoms with E-state index in [0.29, 0.717) is 21.9 Å². The van der Waals surface area contributed by atoms with Crippen LogP contribution in [-0.2, 0) is 14.8 Å². The summed E-state index contributed by atoms with van der Waals surface area (Å²) in [7, 11) is -2.15. The number of carbonyl (C=O) groups excluding carboxylic acids is 1. The van der Waals surface area contributed by atoms with E-state index in [1.165, 1.54) is 17.0 Å². The maximum atomic E-state index is 12.9. The minimum atomic E-state index is -3.81. The molecule has 0 fully saturated rings. The van der Waals surface area contributed by atoms with E-state index in [-0.39, 0.29) is 23.5 Å². The number of likely N-dealkylation sites (N-methyl/N-ethyl adjacent to an activating group) is 1. The van der Waals surface area contributed by atoms with E-state index in [2.05, 4.69) is 0 Å². The highest BCUT2D eigenvalue weighted by molar-refractivity contribution is 7.89. The molecule has 0 spiro atoms. The Morgan fingerprint density at radius 3 is 2.70 bits per heavy atom. The first-order valence-electron chi connectivity index (χ1n) is 8.19. The maximum Gasteiger partial charge on any atom is 0.253 e. The second kappa shape index (κ2) is 7.34. The van der Waals surface area contributed by atoms with Crippen LogP contribution in [0.25, 0.3) is 6.08 Å². The third-order valence-electron chi connectivity index (χ3n) is 4.53. The van der Waals surface area contributed by atoms with Crippen LogP contribution in [-0.4, -0.2) is 32.9 Å². The number of sulfonamides is 1. The summed E-state index contributed by atoms with van der Waals surface area (Å²) in [6.45, 7) is 1.97. The second-order valence-electron chi connectivity index (χ2n) is 6.35. The van der Waals surface area contributed by atoms with Crippen molar-refractivity contribution in [2.45, 2.75) is 17.9 Å². The van der Waals surface area contributed by atoms with Gasteiger partial charge in [-0.1, -0.05) is 23.7 Å². The van der Waals surface area contributed by atoms with Crippen LogP contribution in [0.3, 0.4) is 0 Å². The molecular formula is C19H19ClN2O4S. The summed E-state index contributed by atoms with van der Waals surface area (Å²) in [6.07, 6.45) is 1.76. The molecule has 2 aromatic carbocycles. The predicted octanol–water partition coefficient (Wildman–Crippen LogP) is 2.98. The fraction of sp³-hybridized carbons (Fsp3) is 0.211. The smallest absolute Gasteiger partial charge is 0.253 e. The summed E-state index contributed by atoms with van der Waals surface area (Å²) in [5.41, 5.74) is 1.90. The lowest BCUT2D eigenvalue weighted by Crippen LogP contribution is -2.33. The molecule has 0 saturated heterocycles. The molecule has 0 radical (unpaired) electrons. The van der Waals surface area contributed by atoms with Crippen LogP contribution in [0.1, 0.15) is 24.1 Å². The molecule has 1 aliphatic rings. The van der Waals surface area contributed by atoms with Crippen LogP contribution in [0.4, 0.5) is 0 Å². The van der Waals surface area contributed by atoms with Gasteiger partial charge in [-0.05, 0) is 48.9 Å². The van der Waals surface area contributed by atoms with E-state index in [9.17, 15) is 13.2 Å². The molecular weight excluding hydrogens is 388 g/mol. The number of benzene rings is 2. The zero-order valence-corrected chi connectivity index (χ0v) is 16.4. The third kappa shape index (κ3) is 4.16. The van der Waals surface area contributed by atoms with Gasteiger partial charge in [-0.2, -0.15) is 0 Å². The minimum Gasteiger partial charge on any atom is -0.488 e. The molecule has 2 aromatic rings. The van der Waals surface area contributed by atoms with Crippen LogP contribution in [0.15, 0.2) is 52.9 Å². The fourth-order valence-electron chi connectivity index (χ4n) is 2.85. The molecule has 2 N–H and O–H groups in total. The Labute approximate surface area is 163 Å². The Balaban J connectivity index is 1.85. The van der Waals surface area contributed by atoms with Crippen LogP contribution < -0.4 is 9.88 Å². The summed E-state index contributed by atoms with van der Waals surface area (Å²) >= 11 is 6.01. The SMILES string of the molecule is CC(c1cccc(S(N)(=O)=O)c1)N(C)C(=O)C1=Cc2cc(Cl)ccc2OC1. The number of ether oxygens (including phenoxy) is 1. The number of hydrogen-bond acceptors (Lipinski definition) is 4. The van der Waals surface area contributed by atoms with Gasteiger partial charge in [0.15, 0.2) is 0 Å². The first kappa shape index (κ1) is 19.4. The largest absolute Gasteiger partial charge is 0.488 e. The molecule has 6 nitrogen and oxygen atoms in total. The monoisotopic (exact) mass is 406 g/mol. The van der Waals surface area contributed by atoms with E-state index in [4.69, 9.17) is 21.5 Å². The third-order valence-corrected chi connectivity index (χ3v) is 5.68. The molecule has 142 valence electrons. The van der Waals surface area contributed by atoms with Crippen LogP contribution in [0.5, 0.6) is 5.75 Å². The Morgan fingerprint density at radius 2 is 2.00 bits per heavy atom. The molecule has 1 atom stereocenters. The number of halogens is 1. The van der Waals surface area contributed by atoms with Crippen molar-refractivity contribution in [1.29, 1.82) is 0 Å². The second-order valence-corrected chi connectivity index (χ2v) is 8.35. The van der Waals surface area contributed by atoms with Crippen molar-refractivity contribution in [3.8, 4) is 5.75 Å². The molecule has 0 saturated carbocycles. The van der Waals surface area contributed by atoms with E-state index < -0.39 is 10.0 Å². The molecule has 1 heterocycles. The van der Waals surface area contributed by atoms with Gasteiger partial charge in [-0.3, -0.25) is 4.79 Å². The van der Waals surface area contributed by atoms with Crippen molar-refractivity contribution in [3.63, 3.8) is 0 Å². The van der Waals surface area contributed by atoms with Gasteiger partial charge >= 0.3 is 0 Å². The van der Waals surface area contributed by atoms with Crippen LogP contribution >= 0.6 is 11.6 Å². The Kier molecular flexibility index (Phi) is 5.28. The van der Waals surface area contributed by atoms with Gasteiger partial charge < -0.3 is 9.64 Å². The lowest BCUT2D eigenvalue weighted by molar-refractivity contribution is -0.128. The van der Waals surface area contributed by atoms with Gasteiger partial charge in [0.05, 0.1) is 16.5 Å². The minimum absolute atomic E-state index is 0.0106. The van der Waals surface area contributed by atoms with Gasteiger partial charge in [0, 0.05) is 17.6 Å². The Morgan fingerprint density at radius 1 is 1.26 bits per heavy atom. The van der Waals surface area contributed by atoms with Crippen molar-refractivity contribution in [2.24, 2.45) is 5.14 Å². The highest BCUT2D eigenvalue weighted by Gasteiger charge is 2.24. The lowest BCUT2D eigenvalue weighted by atomic mass is 10.0. The Hall–Kier alpha value is -2.35. The van der Waals surface area contributed by atoms with E-state index >= 15 is 0 Å². The van der Waals surface area contributed by atoms with Gasteiger partial charge in [0.1, 0.15) is 12.4 Å². The Bertz CT molecular complexity index is 1030. The molecule has 0 aromatic heterocycles. The van der Waals surface area contributed by atoms with E-state index in [0.717, 1.165) is 5.56 Å². The number of nitrogens with two attached hydrogens (primary N) is 1. The van der Waals surface area contributed by atoms with Gasteiger partial charge in [-0.25, -0.2) is 13.6 Å². The van der Waals surface area contributed by atoms with Gasteiger partial charge in [-0.15, -0.1) is 0 Å². The molecule has 8 heteroatoms. The maximum absolute atomic E-state index is 12.9. The molecule has 3 rings (SSSR count). The molecule has 27 heavy (non-hydrogen) atoms. The van der Waals surface area contributed by atoms with Crippen molar-refractivity contribution < 1.29 is 17.9 Å². The molecule has 0 bridgehead atoms. The van der Waals surface area contributed by atoms with E-state index in [1.54, 1.807) is 43.5 Å². The topological polar surface area (TPSA) is 89.7 Å². The van der Waals surface area contributed by atoms with Crippen molar-refractivity contribution in [1.82, 2.24) is 4.90 Å². The summed E-state index contributed by atoms with van der Waals surface area (Å²) in [4.78, 5) is 14.4. The summed E-state index contributed by atoms with van der Waals surface area (Å²) < 4.78 is 28.8. The number of rotatable bonds is 4. The number of nitrogens with zero attached hydrogens (tertiary/aromatic N) is 1. The summed E-state index contributed by atoms with van der Waals surface area (Å²) in [6, 6.07) is 11.1. The zero-order valence-electron chi connectivity index (χ0n) is 14.8. The molecule has 0 aliphatic carbocycles. The average molecular weight is 407 g/mol. The fourth-order valence-corrected chi connectivity index (χ4v) is 3.60. The normalized spacial score (nSPS) is 14.6. The standard InChI is InChI=1S/C19H19ClN2O4S/c1-12(13-4-3-5-17(10-13)27(21,24)25)22(2)19(23)15-8-14-9-16(20)6-7-18(14)26-11-15/h3-10,12H,11H2,1-2H3,(H2,21,24,25). The van der Waals surface area contributed by atoms with Crippen LogP contribution in [0, 0.1) is 0 Å². The number of fused-ring (bicyclic) bond motifs is 1. The highest BCUT2D eigenvalue weighted by atomic mass is 35.5. The van der Waals surface area contributed by atoms with Crippen molar-refractivity contribution in [2.75, 3.05) is 13.7 Å². The quantitative estimate of drug-likeness (QED) is 0.845. The lowest BCUT2D eigenvalue weighted by Gasteiger charge is -2.28. The van der Waals surface area contributed by atoms with Crippen LogP contribution in [0.2, 0.25) is 5.02 Å². The summed E-state index contributed by atoms with van der Waals surface area (Å²) in [5, 5.41) is 5.75. The molecule has 1 aliphatic heterocycles. The number of carbonyl (C=O) groups is 1. The number of hydrogen-bond donors (Lipinski definition) is 1. The average Bonchev–Trinajstić information content (AvgIpc) is 2.65. The first-order chi connectivity index (χ1) is 12.7. The van der Waals surface area contributed by atoms with Crippen molar-refractivity contribution >= 4 is 33.6 Å². The number of amides is 1.